The Kier molecular flexibility index (Phi) is 4.00. The number of fused-ring (bicyclic) bond motifs is 1. The van der Waals surface area contributed by atoms with Gasteiger partial charge in [0.25, 0.3) is 0 Å². The Morgan fingerprint density at radius 2 is 1.65 bits per heavy atom. The minimum atomic E-state index is 0.218. The van der Waals surface area contributed by atoms with Crippen molar-refractivity contribution >= 4 is 0 Å². The zero-order valence-electron chi connectivity index (χ0n) is 14.6. The van der Waals surface area contributed by atoms with Crippen LogP contribution in [0.5, 0.6) is 28.7 Å². The van der Waals surface area contributed by atoms with Gasteiger partial charge in [0.1, 0.15) is 0 Å². The van der Waals surface area contributed by atoms with Crippen LogP contribution in [-0.4, -0.2) is 43.1 Å². The minimum absolute atomic E-state index is 0.218. The van der Waals surface area contributed by atoms with Crippen molar-refractivity contribution in [1.82, 2.24) is 15.0 Å². The maximum atomic E-state index is 5.45. The van der Waals surface area contributed by atoms with Crippen molar-refractivity contribution in [2.75, 3.05) is 28.1 Å². The lowest BCUT2D eigenvalue weighted by Crippen LogP contribution is -2.01. The van der Waals surface area contributed by atoms with E-state index in [0.717, 1.165) is 16.9 Å². The molecule has 0 radical (unpaired) electrons. The van der Waals surface area contributed by atoms with E-state index in [1.54, 1.807) is 32.2 Å². The molecule has 0 unspecified atom stereocenters. The largest absolute Gasteiger partial charge is 0.493 e. The molecule has 2 aromatic carbocycles. The fourth-order valence-corrected chi connectivity index (χ4v) is 2.87. The average molecular weight is 355 g/mol. The molecule has 8 nitrogen and oxygen atoms in total. The van der Waals surface area contributed by atoms with Crippen LogP contribution in [0.25, 0.3) is 16.9 Å². The van der Waals surface area contributed by atoms with Crippen molar-refractivity contribution in [3.63, 3.8) is 0 Å². The van der Waals surface area contributed by atoms with Crippen LogP contribution in [0.4, 0.5) is 0 Å². The highest BCUT2D eigenvalue weighted by atomic mass is 16.7. The summed E-state index contributed by atoms with van der Waals surface area (Å²) in [6.45, 7) is 0.218. The fourth-order valence-electron chi connectivity index (χ4n) is 2.87. The predicted molar refractivity (Wildman–Crippen MR) is 92.6 cm³/mol. The Balaban J connectivity index is 1.82. The number of benzene rings is 2. The zero-order valence-corrected chi connectivity index (χ0v) is 14.6. The zero-order chi connectivity index (χ0) is 18.1. The number of methoxy groups -OCH3 is 3. The second-order valence-electron chi connectivity index (χ2n) is 5.48. The molecule has 1 aromatic heterocycles. The van der Waals surface area contributed by atoms with Gasteiger partial charge in [-0.05, 0) is 24.3 Å². The van der Waals surface area contributed by atoms with E-state index in [9.17, 15) is 0 Å². The van der Waals surface area contributed by atoms with Gasteiger partial charge in [0.15, 0.2) is 23.0 Å². The fraction of sp³-hybridized carbons (Fsp3) is 0.222. The smallest absolute Gasteiger partial charge is 0.231 e. The SMILES string of the molecule is COc1cc(-c2cnnn2-c2ccc3c(c2)OCO3)cc(OC)c1OC. The number of rotatable bonds is 5. The van der Waals surface area contributed by atoms with Crippen molar-refractivity contribution in [3.05, 3.63) is 36.5 Å². The minimum Gasteiger partial charge on any atom is -0.493 e. The van der Waals surface area contributed by atoms with E-state index in [2.05, 4.69) is 10.3 Å². The summed E-state index contributed by atoms with van der Waals surface area (Å²) in [7, 11) is 4.72. The van der Waals surface area contributed by atoms with Gasteiger partial charge < -0.3 is 23.7 Å². The first-order valence-electron chi connectivity index (χ1n) is 7.86. The molecular weight excluding hydrogens is 338 g/mol. The normalized spacial score (nSPS) is 12.1. The third-order valence-electron chi connectivity index (χ3n) is 4.11. The molecule has 8 heteroatoms. The Morgan fingerprint density at radius 1 is 0.923 bits per heavy atom. The number of nitrogens with zero attached hydrogens (tertiary/aromatic N) is 3. The number of hydrogen-bond donors (Lipinski definition) is 0. The third-order valence-corrected chi connectivity index (χ3v) is 4.11. The molecule has 26 heavy (non-hydrogen) atoms. The van der Waals surface area contributed by atoms with Crippen molar-refractivity contribution < 1.29 is 23.7 Å². The average Bonchev–Trinajstić information content (AvgIpc) is 3.35. The molecular formula is C18H17N3O5. The lowest BCUT2D eigenvalue weighted by atomic mass is 10.1. The van der Waals surface area contributed by atoms with Crippen LogP contribution in [0.15, 0.2) is 36.5 Å². The molecule has 0 atom stereocenters. The van der Waals surface area contributed by atoms with Gasteiger partial charge in [-0.2, -0.15) is 0 Å². The van der Waals surface area contributed by atoms with Gasteiger partial charge in [-0.15, -0.1) is 5.10 Å². The number of ether oxygens (including phenoxy) is 5. The van der Waals surface area contributed by atoms with E-state index in [4.69, 9.17) is 23.7 Å². The van der Waals surface area contributed by atoms with Crippen LogP contribution in [0.3, 0.4) is 0 Å². The van der Waals surface area contributed by atoms with Crippen LogP contribution in [0.1, 0.15) is 0 Å². The highest BCUT2D eigenvalue weighted by Crippen LogP contribution is 2.41. The first-order valence-corrected chi connectivity index (χ1v) is 7.86. The molecule has 2 heterocycles. The molecule has 1 aliphatic rings. The number of aromatic nitrogens is 3. The van der Waals surface area contributed by atoms with E-state index >= 15 is 0 Å². The maximum absolute atomic E-state index is 5.45. The molecule has 3 aromatic rings. The maximum Gasteiger partial charge on any atom is 0.231 e. The topological polar surface area (TPSA) is 76.9 Å². The van der Waals surface area contributed by atoms with Gasteiger partial charge >= 0.3 is 0 Å². The van der Waals surface area contributed by atoms with E-state index in [1.165, 1.54) is 0 Å². The lowest BCUT2D eigenvalue weighted by molar-refractivity contribution is 0.174. The standard InChI is InChI=1S/C18H17N3O5/c1-22-16-6-11(7-17(23-2)18(16)24-3)13-9-19-20-21(13)12-4-5-14-15(8-12)26-10-25-14/h4-9H,10H2,1-3H3. The first-order chi connectivity index (χ1) is 12.7. The lowest BCUT2D eigenvalue weighted by Gasteiger charge is -2.14. The summed E-state index contributed by atoms with van der Waals surface area (Å²) < 4.78 is 28.8. The first kappa shape index (κ1) is 16.1. The molecule has 0 amide bonds. The van der Waals surface area contributed by atoms with Crippen LogP contribution < -0.4 is 23.7 Å². The summed E-state index contributed by atoms with van der Waals surface area (Å²) in [6.07, 6.45) is 1.67. The van der Waals surface area contributed by atoms with E-state index < -0.39 is 0 Å². The molecule has 0 N–H and O–H groups in total. The molecule has 4 rings (SSSR count). The molecule has 0 bridgehead atoms. The van der Waals surface area contributed by atoms with E-state index in [0.29, 0.717) is 28.7 Å². The Hall–Kier alpha value is -3.42. The predicted octanol–water partition coefficient (Wildman–Crippen LogP) is 2.69. The van der Waals surface area contributed by atoms with Crippen LogP contribution in [0, 0.1) is 0 Å². The summed E-state index contributed by atoms with van der Waals surface area (Å²) in [5.41, 5.74) is 2.39. The van der Waals surface area contributed by atoms with Gasteiger partial charge in [0.05, 0.1) is 38.9 Å². The monoisotopic (exact) mass is 355 g/mol. The molecule has 0 aliphatic carbocycles. The van der Waals surface area contributed by atoms with Gasteiger partial charge in [-0.25, -0.2) is 4.68 Å². The Labute approximate surface area is 149 Å². The third kappa shape index (κ3) is 2.55. The Bertz CT molecular complexity index is 929. The van der Waals surface area contributed by atoms with Gasteiger partial charge in [0, 0.05) is 11.6 Å². The van der Waals surface area contributed by atoms with Crippen molar-refractivity contribution in [1.29, 1.82) is 0 Å². The highest BCUT2D eigenvalue weighted by Gasteiger charge is 2.19. The number of hydrogen-bond acceptors (Lipinski definition) is 7. The molecule has 0 saturated heterocycles. The summed E-state index contributed by atoms with van der Waals surface area (Å²) in [5.74, 6) is 3.03. The highest BCUT2D eigenvalue weighted by molar-refractivity contribution is 5.70. The van der Waals surface area contributed by atoms with Gasteiger partial charge in [-0.3, -0.25) is 0 Å². The van der Waals surface area contributed by atoms with Crippen molar-refractivity contribution in [3.8, 4) is 45.7 Å². The molecule has 134 valence electrons. The summed E-state index contributed by atoms with van der Waals surface area (Å²) in [6, 6.07) is 9.30. The van der Waals surface area contributed by atoms with Crippen molar-refractivity contribution in [2.24, 2.45) is 0 Å². The molecule has 0 fully saturated rings. The van der Waals surface area contributed by atoms with Crippen molar-refractivity contribution in [2.45, 2.75) is 0 Å². The Morgan fingerprint density at radius 3 is 2.35 bits per heavy atom. The second kappa shape index (κ2) is 6.47. The summed E-state index contributed by atoms with van der Waals surface area (Å²) in [4.78, 5) is 0. The van der Waals surface area contributed by atoms with Gasteiger partial charge in [-0.1, -0.05) is 5.21 Å². The molecule has 0 saturated carbocycles. The molecule has 1 aliphatic heterocycles. The van der Waals surface area contributed by atoms with Crippen LogP contribution in [-0.2, 0) is 0 Å². The second-order valence-corrected chi connectivity index (χ2v) is 5.48. The van der Waals surface area contributed by atoms with Crippen LogP contribution >= 0.6 is 0 Å². The van der Waals surface area contributed by atoms with E-state index in [-0.39, 0.29) is 6.79 Å². The molecule has 0 spiro atoms. The summed E-state index contributed by atoms with van der Waals surface area (Å²) >= 11 is 0. The van der Waals surface area contributed by atoms with E-state index in [1.807, 2.05) is 30.3 Å². The van der Waals surface area contributed by atoms with Crippen LogP contribution in [0.2, 0.25) is 0 Å². The summed E-state index contributed by atoms with van der Waals surface area (Å²) in [5, 5.41) is 8.25. The quantitative estimate of drug-likeness (QED) is 0.696. The van der Waals surface area contributed by atoms with Gasteiger partial charge in [0.2, 0.25) is 12.5 Å².